The predicted molar refractivity (Wildman–Crippen MR) is 78.8 cm³/mol. The molecule has 1 saturated carbocycles. The van der Waals surface area contributed by atoms with Crippen molar-refractivity contribution in [1.29, 1.82) is 0 Å². The van der Waals surface area contributed by atoms with Crippen molar-refractivity contribution in [1.82, 2.24) is 0 Å². The minimum atomic E-state index is -0.759. The molecule has 20 heavy (non-hydrogen) atoms. The van der Waals surface area contributed by atoms with Crippen LogP contribution in [0.25, 0.3) is 0 Å². The van der Waals surface area contributed by atoms with Gasteiger partial charge in [0.1, 0.15) is 5.76 Å². The molecule has 3 heteroatoms. The molecule has 0 saturated heterocycles. The average Bonchev–Trinajstić information content (AvgIpc) is 2.34. The lowest BCUT2D eigenvalue weighted by Crippen LogP contribution is -2.52. The van der Waals surface area contributed by atoms with Gasteiger partial charge in [0.25, 0.3) is 5.79 Å². The molecular formula is C17H26O3. The van der Waals surface area contributed by atoms with Gasteiger partial charge in [-0.3, -0.25) is 0 Å². The fourth-order valence-electron chi connectivity index (χ4n) is 3.38. The van der Waals surface area contributed by atoms with E-state index in [2.05, 4.69) is 27.7 Å². The Morgan fingerprint density at radius 1 is 1.40 bits per heavy atom. The Morgan fingerprint density at radius 2 is 2.15 bits per heavy atom. The summed E-state index contributed by atoms with van der Waals surface area (Å²) < 4.78 is 11.9. The molecule has 1 fully saturated rings. The van der Waals surface area contributed by atoms with Gasteiger partial charge in [0.05, 0.1) is 6.08 Å². The highest BCUT2D eigenvalue weighted by molar-refractivity contribution is 5.84. The lowest BCUT2D eigenvalue weighted by Gasteiger charge is -2.47. The molecule has 0 aromatic carbocycles. The molecular weight excluding hydrogens is 252 g/mol. The van der Waals surface area contributed by atoms with E-state index in [1.54, 1.807) is 0 Å². The zero-order chi connectivity index (χ0) is 14.8. The number of rotatable bonds is 3. The standard InChI is InChI=1S/C17H26O3/c1-5-6-7-14-10-16(18)20-17(19-14)11-13(4)8-9-15(17)12(2)3/h6-7,10,12-13,15H,5,8-9,11H2,1-4H3/b7-6+/t13-,15+,17+/m1/s1. The first-order chi connectivity index (χ1) is 9.47. The Morgan fingerprint density at radius 3 is 2.80 bits per heavy atom. The van der Waals surface area contributed by atoms with Crippen molar-refractivity contribution in [2.24, 2.45) is 17.8 Å². The highest BCUT2D eigenvalue weighted by Gasteiger charge is 2.51. The van der Waals surface area contributed by atoms with E-state index in [-0.39, 0.29) is 11.9 Å². The van der Waals surface area contributed by atoms with Crippen LogP contribution in [0.1, 0.15) is 53.4 Å². The second-order valence-corrected chi connectivity index (χ2v) is 6.43. The SMILES string of the molecule is CC/C=C/C1=CC(=O)O[C@]2(C[C@H](C)CC[C@H]2C(C)C)O1. The highest BCUT2D eigenvalue weighted by Crippen LogP contribution is 2.46. The van der Waals surface area contributed by atoms with Crippen molar-refractivity contribution >= 4 is 5.97 Å². The maximum absolute atomic E-state index is 12.0. The summed E-state index contributed by atoms with van der Waals surface area (Å²) in [6.45, 7) is 8.63. The summed E-state index contributed by atoms with van der Waals surface area (Å²) in [6.07, 6.45) is 9.29. The van der Waals surface area contributed by atoms with Crippen LogP contribution in [0.4, 0.5) is 0 Å². The minimum Gasteiger partial charge on any atom is -0.452 e. The second-order valence-electron chi connectivity index (χ2n) is 6.43. The monoisotopic (exact) mass is 278 g/mol. The van der Waals surface area contributed by atoms with Gasteiger partial charge in [-0.05, 0) is 37.2 Å². The average molecular weight is 278 g/mol. The van der Waals surface area contributed by atoms with Crippen LogP contribution in [0, 0.1) is 17.8 Å². The zero-order valence-electron chi connectivity index (χ0n) is 13.0. The van der Waals surface area contributed by atoms with E-state index in [0.29, 0.717) is 17.6 Å². The third-order valence-electron chi connectivity index (χ3n) is 4.32. The second kappa shape index (κ2) is 6.02. The van der Waals surface area contributed by atoms with Gasteiger partial charge in [-0.15, -0.1) is 0 Å². The van der Waals surface area contributed by atoms with Crippen LogP contribution in [-0.2, 0) is 14.3 Å². The number of hydrogen-bond donors (Lipinski definition) is 0. The van der Waals surface area contributed by atoms with Crippen LogP contribution < -0.4 is 0 Å². The fraction of sp³-hybridized carbons (Fsp3) is 0.706. The van der Waals surface area contributed by atoms with Gasteiger partial charge in [0.2, 0.25) is 0 Å². The predicted octanol–water partition coefficient (Wildman–Crippen LogP) is 4.20. The van der Waals surface area contributed by atoms with Gasteiger partial charge < -0.3 is 9.47 Å². The summed E-state index contributed by atoms with van der Waals surface area (Å²) in [7, 11) is 0. The molecule has 0 aromatic heterocycles. The quantitative estimate of drug-likeness (QED) is 0.726. The van der Waals surface area contributed by atoms with Crippen molar-refractivity contribution in [3.05, 3.63) is 24.0 Å². The Labute approximate surface area is 122 Å². The fourth-order valence-corrected chi connectivity index (χ4v) is 3.38. The lowest BCUT2D eigenvalue weighted by molar-refractivity contribution is -0.266. The molecule has 2 rings (SSSR count). The molecule has 112 valence electrons. The van der Waals surface area contributed by atoms with Crippen LogP contribution in [-0.4, -0.2) is 11.8 Å². The van der Waals surface area contributed by atoms with Crippen LogP contribution in [0.5, 0.6) is 0 Å². The number of hydrogen-bond acceptors (Lipinski definition) is 3. The van der Waals surface area contributed by atoms with Gasteiger partial charge in [-0.2, -0.15) is 0 Å². The van der Waals surface area contributed by atoms with Gasteiger partial charge >= 0.3 is 5.97 Å². The number of carbonyl (C=O) groups excluding carboxylic acids is 1. The molecule has 0 N–H and O–H groups in total. The minimum absolute atomic E-state index is 0.265. The number of esters is 1. The Hall–Kier alpha value is -1.25. The Kier molecular flexibility index (Phi) is 4.56. The van der Waals surface area contributed by atoms with Gasteiger partial charge in [0.15, 0.2) is 0 Å². The molecule has 2 aliphatic rings. The van der Waals surface area contributed by atoms with E-state index in [9.17, 15) is 4.79 Å². The maximum Gasteiger partial charge on any atom is 0.337 e. The molecule has 1 aliphatic carbocycles. The van der Waals surface area contributed by atoms with Gasteiger partial charge in [-0.25, -0.2) is 4.79 Å². The molecule has 0 bridgehead atoms. The normalized spacial score (nSPS) is 34.2. The molecule has 3 nitrogen and oxygen atoms in total. The van der Waals surface area contributed by atoms with E-state index in [1.807, 2.05) is 12.2 Å². The molecule has 1 heterocycles. The first-order valence-electron chi connectivity index (χ1n) is 7.77. The largest absolute Gasteiger partial charge is 0.452 e. The summed E-state index contributed by atoms with van der Waals surface area (Å²) in [5, 5.41) is 0. The van der Waals surface area contributed by atoms with Gasteiger partial charge in [-0.1, -0.05) is 33.8 Å². The molecule has 0 unspecified atom stereocenters. The van der Waals surface area contributed by atoms with Crippen LogP contribution in [0.3, 0.4) is 0 Å². The Balaban J connectivity index is 2.29. The molecule has 0 amide bonds. The summed E-state index contributed by atoms with van der Waals surface area (Å²) in [6, 6.07) is 0. The number of carbonyl (C=O) groups is 1. The van der Waals surface area contributed by atoms with Crippen molar-refractivity contribution in [3.63, 3.8) is 0 Å². The van der Waals surface area contributed by atoms with E-state index < -0.39 is 5.79 Å². The highest BCUT2D eigenvalue weighted by atomic mass is 16.7. The first kappa shape index (κ1) is 15.1. The third-order valence-corrected chi connectivity index (χ3v) is 4.32. The van der Waals surface area contributed by atoms with Gasteiger partial charge in [0, 0.05) is 12.3 Å². The molecule has 1 aliphatic heterocycles. The van der Waals surface area contributed by atoms with Crippen LogP contribution >= 0.6 is 0 Å². The van der Waals surface area contributed by atoms with Crippen molar-refractivity contribution < 1.29 is 14.3 Å². The summed E-state index contributed by atoms with van der Waals surface area (Å²) >= 11 is 0. The summed E-state index contributed by atoms with van der Waals surface area (Å²) in [5.41, 5.74) is 0. The first-order valence-corrected chi connectivity index (χ1v) is 7.77. The van der Waals surface area contributed by atoms with E-state index in [4.69, 9.17) is 9.47 Å². The van der Waals surface area contributed by atoms with Crippen molar-refractivity contribution in [2.45, 2.75) is 59.2 Å². The van der Waals surface area contributed by atoms with Crippen molar-refractivity contribution in [3.8, 4) is 0 Å². The lowest BCUT2D eigenvalue weighted by atomic mass is 9.72. The van der Waals surface area contributed by atoms with E-state index in [1.165, 1.54) is 12.5 Å². The molecule has 1 spiro atoms. The summed E-state index contributed by atoms with van der Waals surface area (Å²) in [4.78, 5) is 12.0. The maximum atomic E-state index is 12.0. The summed E-state index contributed by atoms with van der Waals surface area (Å²) in [5.74, 6) is 0.832. The molecule has 3 atom stereocenters. The van der Waals surface area contributed by atoms with Crippen LogP contribution in [0.15, 0.2) is 24.0 Å². The number of allylic oxidation sites excluding steroid dienone is 2. The number of ether oxygens (including phenoxy) is 2. The molecule has 0 radical (unpaired) electrons. The zero-order valence-corrected chi connectivity index (χ0v) is 13.0. The van der Waals surface area contributed by atoms with E-state index >= 15 is 0 Å². The van der Waals surface area contributed by atoms with Crippen LogP contribution in [0.2, 0.25) is 0 Å². The Bertz CT molecular complexity index is 422. The smallest absolute Gasteiger partial charge is 0.337 e. The van der Waals surface area contributed by atoms with Crippen molar-refractivity contribution in [2.75, 3.05) is 0 Å². The topological polar surface area (TPSA) is 35.5 Å². The third kappa shape index (κ3) is 3.08. The molecule has 0 aromatic rings. The van der Waals surface area contributed by atoms with E-state index in [0.717, 1.165) is 19.3 Å².